The van der Waals surface area contributed by atoms with Crippen molar-refractivity contribution in [3.8, 4) is 5.75 Å². The topological polar surface area (TPSA) is 55.4 Å². The number of allylic oxidation sites excluding steroid dienone is 1. The molecule has 1 amide bonds. The SMILES string of the molecule is Cc1ccc(/C=C/C(=O)c2ccc(OCC(=O)Nc3ccccc3C)cc2)s1. The highest BCUT2D eigenvalue weighted by atomic mass is 32.1. The molecule has 1 N–H and O–H groups in total. The average molecular weight is 391 g/mol. The van der Waals surface area contributed by atoms with Crippen molar-refractivity contribution < 1.29 is 14.3 Å². The van der Waals surface area contributed by atoms with Gasteiger partial charge in [-0.1, -0.05) is 18.2 Å². The molecular formula is C23H21NO3S. The molecule has 0 saturated heterocycles. The molecular weight excluding hydrogens is 370 g/mol. The van der Waals surface area contributed by atoms with Gasteiger partial charge >= 0.3 is 0 Å². The van der Waals surface area contributed by atoms with Crippen LogP contribution in [0, 0.1) is 13.8 Å². The summed E-state index contributed by atoms with van der Waals surface area (Å²) in [6.07, 6.45) is 3.39. The predicted octanol–water partition coefficient (Wildman–Crippen LogP) is 5.28. The van der Waals surface area contributed by atoms with E-state index in [0.29, 0.717) is 11.3 Å². The molecule has 1 aromatic heterocycles. The van der Waals surface area contributed by atoms with Gasteiger partial charge in [0.15, 0.2) is 12.4 Å². The van der Waals surface area contributed by atoms with Gasteiger partial charge in [0.1, 0.15) is 5.75 Å². The minimum atomic E-state index is -0.233. The maximum atomic E-state index is 12.3. The first-order valence-corrected chi connectivity index (χ1v) is 9.70. The first-order valence-electron chi connectivity index (χ1n) is 8.88. The Balaban J connectivity index is 1.52. The third kappa shape index (κ3) is 5.41. The maximum absolute atomic E-state index is 12.3. The molecule has 4 nitrogen and oxygen atoms in total. The molecule has 28 heavy (non-hydrogen) atoms. The summed E-state index contributed by atoms with van der Waals surface area (Å²) in [5, 5.41) is 2.82. The summed E-state index contributed by atoms with van der Waals surface area (Å²) in [4.78, 5) is 26.5. The van der Waals surface area contributed by atoms with Crippen LogP contribution in [0.1, 0.15) is 25.7 Å². The zero-order valence-electron chi connectivity index (χ0n) is 15.8. The molecule has 0 unspecified atom stereocenters. The molecule has 0 aliphatic carbocycles. The number of carbonyl (C=O) groups excluding carboxylic acids is 2. The number of benzene rings is 2. The highest BCUT2D eigenvalue weighted by Gasteiger charge is 2.07. The molecule has 0 atom stereocenters. The van der Waals surface area contributed by atoms with Crippen LogP contribution >= 0.6 is 11.3 Å². The van der Waals surface area contributed by atoms with Crippen molar-refractivity contribution >= 4 is 34.8 Å². The van der Waals surface area contributed by atoms with Crippen molar-refractivity contribution in [3.05, 3.63) is 87.6 Å². The van der Waals surface area contributed by atoms with Crippen molar-refractivity contribution in [1.82, 2.24) is 0 Å². The Bertz CT molecular complexity index is 1000. The van der Waals surface area contributed by atoms with Gasteiger partial charge in [-0.15, -0.1) is 11.3 Å². The zero-order chi connectivity index (χ0) is 19.9. The lowest BCUT2D eigenvalue weighted by Gasteiger charge is -2.09. The number of nitrogens with one attached hydrogen (secondary N) is 1. The quantitative estimate of drug-likeness (QED) is 0.440. The van der Waals surface area contributed by atoms with E-state index in [-0.39, 0.29) is 18.3 Å². The Kier molecular flexibility index (Phi) is 6.40. The number of hydrogen-bond acceptors (Lipinski definition) is 4. The second-order valence-electron chi connectivity index (χ2n) is 6.32. The fraction of sp³-hybridized carbons (Fsp3) is 0.130. The fourth-order valence-corrected chi connectivity index (χ4v) is 3.34. The summed E-state index contributed by atoms with van der Waals surface area (Å²) in [5.74, 6) is 0.230. The van der Waals surface area contributed by atoms with Gasteiger partial charge in [-0.2, -0.15) is 0 Å². The second-order valence-corrected chi connectivity index (χ2v) is 7.64. The van der Waals surface area contributed by atoms with E-state index in [1.807, 2.05) is 56.3 Å². The molecule has 3 aromatic rings. The van der Waals surface area contributed by atoms with Crippen molar-refractivity contribution in [2.75, 3.05) is 11.9 Å². The number of para-hydroxylation sites is 1. The third-order valence-electron chi connectivity index (χ3n) is 4.09. The number of aryl methyl sites for hydroxylation is 2. The Morgan fingerprint density at radius 2 is 1.75 bits per heavy atom. The molecule has 0 aliphatic heterocycles. The highest BCUT2D eigenvalue weighted by Crippen LogP contribution is 2.18. The Labute approximate surface area is 168 Å². The minimum Gasteiger partial charge on any atom is -0.484 e. The molecule has 0 fully saturated rings. The number of carbonyl (C=O) groups is 2. The number of amides is 1. The van der Waals surface area contributed by atoms with Crippen molar-refractivity contribution in [2.45, 2.75) is 13.8 Å². The van der Waals surface area contributed by atoms with Crippen LogP contribution in [0.4, 0.5) is 5.69 Å². The van der Waals surface area contributed by atoms with Crippen LogP contribution in [0.2, 0.25) is 0 Å². The largest absolute Gasteiger partial charge is 0.484 e. The molecule has 5 heteroatoms. The number of thiophene rings is 1. The summed E-state index contributed by atoms with van der Waals surface area (Å²) < 4.78 is 5.51. The first-order chi connectivity index (χ1) is 13.5. The van der Waals surface area contributed by atoms with E-state index in [2.05, 4.69) is 5.32 Å². The summed E-state index contributed by atoms with van der Waals surface area (Å²) in [7, 11) is 0. The summed E-state index contributed by atoms with van der Waals surface area (Å²) in [6, 6.07) is 18.3. The predicted molar refractivity (Wildman–Crippen MR) is 114 cm³/mol. The van der Waals surface area contributed by atoms with Crippen LogP contribution in [0.25, 0.3) is 6.08 Å². The standard InChI is InChI=1S/C23H21NO3S/c1-16-5-3-4-6-21(16)24-23(26)15-27-19-10-8-18(9-11-19)22(25)14-13-20-12-7-17(2)28-20/h3-14H,15H2,1-2H3,(H,24,26)/b14-13+. The maximum Gasteiger partial charge on any atom is 0.262 e. The number of ketones is 1. The molecule has 0 spiro atoms. The molecule has 0 saturated carbocycles. The van der Waals surface area contributed by atoms with Gasteiger partial charge in [0.05, 0.1) is 0 Å². The van der Waals surface area contributed by atoms with E-state index in [0.717, 1.165) is 16.1 Å². The average Bonchev–Trinajstić information content (AvgIpc) is 3.12. The van der Waals surface area contributed by atoms with Gasteiger partial charge in [0.25, 0.3) is 5.91 Å². The molecule has 0 bridgehead atoms. The van der Waals surface area contributed by atoms with Crippen LogP contribution in [0.3, 0.4) is 0 Å². The zero-order valence-corrected chi connectivity index (χ0v) is 16.6. The van der Waals surface area contributed by atoms with Crippen LogP contribution in [-0.2, 0) is 4.79 Å². The number of rotatable bonds is 7. The lowest BCUT2D eigenvalue weighted by Crippen LogP contribution is -2.20. The molecule has 1 heterocycles. The smallest absolute Gasteiger partial charge is 0.262 e. The summed E-state index contributed by atoms with van der Waals surface area (Å²) in [6.45, 7) is 3.86. The summed E-state index contributed by atoms with van der Waals surface area (Å²) >= 11 is 1.64. The van der Waals surface area contributed by atoms with E-state index in [1.54, 1.807) is 41.7 Å². The molecule has 0 aliphatic rings. The van der Waals surface area contributed by atoms with Gasteiger partial charge in [-0.05, 0) is 74.0 Å². The van der Waals surface area contributed by atoms with E-state index >= 15 is 0 Å². The van der Waals surface area contributed by atoms with Crippen molar-refractivity contribution in [1.29, 1.82) is 0 Å². The number of anilines is 1. The monoisotopic (exact) mass is 391 g/mol. The van der Waals surface area contributed by atoms with Crippen LogP contribution in [0.15, 0.2) is 66.7 Å². The van der Waals surface area contributed by atoms with Gasteiger partial charge in [-0.25, -0.2) is 0 Å². The van der Waals surface area contributed by atoms with Gasteiger partial charge in [-0.3, -0.25) is 9.59 Å². The third-order valence-corrected chi connectivity index (χ3v) is 5.05. The van der Waals surface area contributed by atoms with Gasteiger partial charge in [0, 0.05) is 21.0 Å². The Hall–Kier alpha value is -3.18. The molecule has 2 aromatic carbocycles. The van der Waals surface area contributed by atoms with Crippen molar-refractivity contribution in [3.63, 3.8) is 0 Å². The Morgan fingerprint density at radius 1 is 1.00 bits per heavy atom. The van der Waals surface area contributed by atoms with Crippen LogP contribution < -0.4 is 10.1 Å². The highest BCUT2D eigenvalue weighted by molar-refractivity contribution is 7.12. The number of ether oxygens (including phenoxy) is 1. The normalized spacial score (nSPS) is 10.8. The molecule has 0 radical (unpaired) electrons. The van der Waals surface area contributed by atoms with Crippen LogP contribution in [-0.4, -0.2) is 18.3 Å². The van der Waals surface area contributed by atoms with Crippen LogP contribution in [0.5, 0.6) is 5.75 Å². The Morgan fingerprint density at radius 3 is 2.43 bits per heavy atom. The minimum absolute atomic E-state index is 0.0742. The molecule has 142 valence electrons. The molecule has 3 rings (SSSR count). The lowest BCUT2D eigenvalue weighted by molar-refractivity contribution is -0.118. The van der Waals surface area contributed by atoms with E-state index in [1.165, 1.54) is 4.88 Å². The van der Waals surface area contributed by atoms with Gasteiger partial charge in [0.2, 0.25) is 0 Å². The van der Waals surface area contributed by atoms with Crippen molar-refractivity contribution in [2.24, 2.45) is 0 Å². The second kappa shape index (κ2) is 9.15. The van der Waals surface area contributed by atoms with E-state index < -0.39 is 0 Å². The van der Waals surface area contributed by atoms with E-state index in [4.69, 9.17) is 4.74 Å². The first kappa shape index (κ1) is 19.6. The summed E-state index contributed by atoms with van der Waals surface area (Å²) in [5.41, 5.74) is 2.33. The number of hydrogen-bond donors (Lipinski definition) is 1. The fourth-order valence-electron chi connectivity index (χ4n) is 2.56. The van der Waals surface area contributed by atoms with E-state index in [9.17, 15) is 9.59 Å². The van der Waals surface area contributed by atoms with Gasteiger partial charge < -0.3 is 10.1 Å². The lowest BCUT2D eigenvalue weighted by atomic mass is 10.1.